The molecule has 0 radical (unpaired) electrons. The summed E-state index contributed by atoms with van der Waals surface area (Å²) in [5, 5.41) is 16.2. The van der Waals surface area contributed by atoms with Crippen LogP contribution >= 0.6 is 43.2 Å². The number of nitrogens with zero attached hydrogens (tertiary/aromatic N) is 3. The first-order chi connectivity index (χ1) is 10.4. The number of hydrogen-bond donors (Lipinski definition) is 1. The first-order valence-corrected chi connectivity index (χ1v) is 8.89. The third-order valence-corrected chi connectivity index (χ3v) is 4.88. The molecule has 0 aliphatic carbocycles. The Morgan fingerprint density at radius 2 is 2.05 bits per heavy atom. The summed E-state index contributed by atoms with van der Waals surface area (Å²) in [6, 6.07) is 3.60. The van der Waals surface area contributed by atoms with Crippen LogP contribution in [0.25, 0.3) is 0 Å². The van der Waals surface area contributed by atoms with E-state index >= 15 is 0 Å². The molecule has 7 heteroatoms. The molecule has 0 atom stereocenters. The van der Waals surface area contributed by atoms with Gasteiger partial charge in [-0.2, -0.15) is 5.10 Å². The summed E-state index contributed by atoms with van der Waals surface area (Å²) >= 11 is 8.17. The highest BCUT2D eigenvalue weighted by atomic mass is 79.9. The molecule has 1 N–H and O–H groups in total. The fraction of sp³-hybridized carbons (Fsp3) is 0.200. The van der Waals surface area contributed by atoms with Gasteiger partial charge in [-0.05, 0) is 63.4 Å². The van der Waals surface area contributed by atoms with Crippen LogP contribution in [0.1, 0.15) is 18.2 Å². The Kier molecular flexibility index (Phi) is 5.77. The van der Waals surface area contributed by atoms with Crippen LogP contribution in [0.4, 0.5) is 0 Å². The first-order valence-electron chi connectivity index (χ1n) is 6.43. The molecule has 1 heterocycles. The molecule has 2 aromatic rings. The molecule has 0 saturated carbocycles. The molecule has 1 aromatic carbocycles. The Morgan fingerprint density at radius 3 is 2.64 bits per heavy atom. The molecular formula is C15H15Br2N3OS. The summed E-state index contributed by atoms with van der Waals surface area (Å²) in [6.45, 7) is 8.38. The molecule has 0 amide bonds. The monoisotopic (exact) mass is 443 g/mol. The molecule has 0 unspecified atom stereocenters. The van der Waals surface area contributed by atoms with E-state index in [0.29, 0.717) is 15.5 Å². The highest BCUT2D eigenvalue weighted by Crippen LogP contribution is 2.32. The number of halogens is 2. The van der Waals surface area contributed by atoms with E-state index in [2.05, 4.69) is 48.5 Å². The minimum absolute atomic E-state index is 0.175. The van der Waals surface area contributed by atoms with Gasteiger partial charge >= 0.3 is 0 Å². The molecule has 4 nitrogen and oxygen atoms in total. The maximum Gasteiger partial charge on any atom is 0.206 e. The van der Waals surface area contributed by atoms with Gasteiger partial charge in [0.05, 0.1) is 27.4 Å². The fourth-order valence-corrected chi connectivity index (χ4v) is 3.65. The van der Waals surface area contributed by atoms with Gasteiger partial charge in [-0.25, -0.2) is 4.68 Å². The van der Waals surface area contributed by atoms with Crippen molar-refractivity contribution >= 4 is 49.4 Å². The zero-order chi connectivity index (χ0) is 16.3. The summed E-state index contributed by atoms with van der Waals surface area (Å²) in [7, 11) is 0. The van der Waals surface area contributed by atoms with Gasteiger partial charge in [-0.3, -0.25) is 4.99 Å². The van der Waals surface area contributed by atoms with Crippen molar-refractivity contribution < 1.29 is 5.11 Å². The number of aromatic nitrogens is 1. The Hall–Kier alpha value is -1.18. The maximum absolute atomic E-state index is 9.73. The first kappa shape index (κ1) is 17.2. The van der Waals surface area contributed by atoms with Crippen molar-refractivity contribution in [2.24, 2.45) is 10.1 Å². The van der Waals surface area contributed by atoms with E-state index in [1.54, 1.807) is 34.4 Å². The van der Waals surface area contributed by atoms with Gasteiger partial charge in [0.15, 0.2) is 0 Å². The quantitative estimate of drug-likeness (QED) is 0.549. The van der Waals surface area contributed by atoms with Gasteiger partial charge in [0, 0.05) is 5.38 Å². The molecule has 0 saturated heterocycles. The van der Waals surface area contributed by atoms with Gasteiger partial charge in [0.1, 0.15) is 5.75 Å². The van der Waals surface area contributed by atoms with E-state index in [0.717, 1.165) is 21.6 Å². The van der Waals surface area contributed by atoms with Gasteiger partial charge < -0.3 is 5.11 Å². The smallest absolute Gasteiger partial charge is 0.206 e. The fourth-order valence-electron chi connectivity index (χ4n) is 1.62. The zero-order valence-electron chi connectivity index (χ0n) is 12.2. The molecule has 0 aliphatic heterocycles. The lowest BCUT2D eigenvalue weighted by molar-refractivity contribution is 0.468. The van der Waals surface area contributed by atoms with Crippen molar-refractivity contribution in [2.75, 3.05) is 6.54 Å². The number of rotatable bonds is 4. The third-order valence-electron chi connectivity index (χ3n) is 2.70. The molecule has 2 rings (SSSR count). The summed E-state index contributed by atoms with van der Waals surface area (Å²) in [5.74, 6) is 0.175. The minimum atomic E-state index is 0.175. The number of aromatic hydroxyl groups is 1. The molecule has 1 aromatic heterocycles. The van der Waals surface area contributed by atoms with E-state index in [4.69, 9.17) is 0 Å². The second-order valence-corrected chi connectivity index (χ2v) is 7.37. The molecule has 0 bridgehead atoms. The van der Waals surface area contributed by atoms with Crippen molar-refractivity contribution in [1.29, 1.82) is 0 Å². The number of thiazole rings is 1. The summed E-state index contributed by atoms with van der Waals surface area (Å²) in [4.78, 5) is 5.33. The molecule has 0 spiro atoms. The average Bonchev–Trinajstić information content (AvgIpc) is 2.80. The Morgan fingerprint density at radius 1 is 1.41 bits per heavy atom. The number of phenolic OH excluding ortho intramolecular Hbond substituents is 1. The number of aryl methyl sites for hydroxylation is 1. The van der Waals surface area contributed by atoms with Crippen LogP contribution in [0, 0.1) is 6.92 Å². The van der Waals surface area contributed by atoms with Crippen LogP contribution in [0.3, 0.4) is 0 Å². The van der Waals surface area contributed by atoms with Crippen molar-refractivity contribution in [3.05, 3.63) is 54.7 Å². The van der Waals surface area contributed by atoms with Crippen molar-refractivity contribution in [2.45, 2.75) is 13.8 Å². The normalized spacial score (nSPS) is 12.3. The maximum atomic E-state index is 9.73. The highest BCUT2D eigenvalue weighted by Gasteiger charge is 2.05. The van der Waals surface area contributed by atoms with Crippen molar-refractivity contribution in [3.8, 4) is 5.75 Å². The molecule has 116 valence electrons. The molecule has 0 fully saturated rings. The predicted octanol–water partition coefficient (Wildman–Crippen LogP) is 4.45. The van der Waals surface area contributed by atoms with Gasteiger partial charge in [-0.1, -0.05) is 12.2 Å². The van der Waals surface area contributed by atoms with Crippen molar-refractivity contribution in [1.82, 2.24) is 4.68 Å². The van der Waals surface area contributed by atoms with E-state index in [1.165, 1.54) is 0 Å². The molecular weight excluding hydrogens is 430 g/mol. The standard InChI is InChI=1S/C15H15Br2N3OS/c1-9(2)6-18-15-20(10(3)8-22-15)19-7-11-4-12(16)14(21)13(17)5-11/h4-5,7-8,21H,1,6H2,2-3H3. The predicted molar refractivity (Wildman–Crippen MR) is 98.8 cm³/mol. The van der Waals surface area contributed by atoms with Crippen LogP contribution in [-0.2, 0) is 0 Å². The number of phenols is 1. The second-order valence-electron chi connectivity index (χ2n) is 4.82. The van der Waals surface area contributed by atoms with Crippen LogP contribution in [-0.4, -0.2) is 22.5 Å². The van der Waals surface area contributed by atoms with Crippen LogP contribution in [0.15, 0.2) is 48.7 Å². The van der Waals surface area contributed by atoms with Gasteiger partial charge in [0.25, 0.3) is 0 Å². The number of benzene rings is 1. The SMILES string of the molecule is C=C(C)CN=c1scc(C)n1N=Cc1cc(Br)c(O)c(Br)c1. The van der Waals surface area contributed by atoms with E-state index in [9.17, 15) is 5.11 Å². The average molecular weight is 445 g/mol. The third kappa shape index (κ3) is 4.18. The van der Waals surface area contributed by atoms with Crippen LogP contribution in [0.5, 0.6) is 5.75 Å². The van der Waals surface area contributed by atoms with E-state index < -0.39 is 0 Å². The van der Waals surface area contributed by atoms with E-state index in [-0.39, 0.29) is 5.75 Å². The summed E-state index contributed by atoms with van der Waals surface area (Å²) in [5.41, 5.74) is 2.88. The second kappa shape index (κ2) is 7.39. The summed E-state index contributed by atoms with van der Waals surface area (Å²) in [6.07, 6.45) is 1.73. The van der Waals surface area contributed by atoms with Gasteiger partial charge in [0.2, 0.25) is 4.80 Å². The minimum Gasteiger partial charge on any atom is -0.506 e. The van der Waals surface area contributed by atoms with Crippen LogP contribution < -0.4 is 4.80 Å². The van der Waals surface area contributed by atoms with Crippen molar-refractivity contribution in [3.63, 3.8) is 0 Å². The lowest BCUT2D eigenvalue weighted by Gasteiger charge is -2.02. The molecule has 0 aliphatic rings. The topological polar surface area (TPSA) is 49.9 Å². The lowest BCUT2D eigenvalue weighted by atomic mass is 10.2. The molecule has 22 heavy (non-hydrogen) atoms. The van der Waals surface area contributed by atoms with Crippen LogP contribution in [0.2, 0.25) is 0 Å². The lowest BCUT2D eigenvalue weighted by Crippen LogP contribution is -2.13. The Labute approximate surface area is 149 Å². The largest absolute Gasteiger partial charge is 0.506 e. The zero-order valence-corrected chi connectivity index (χ0v) is 16.2. The highest BCUT2D eigenvalue weighted by molar-refractivity contribution is 9.11. The summed E-state index contributed by atoms with van der Waals surface area (Å²) < 4.78 is 3.02. The Balaban J connectivity index is 2.37. The Bertz CT molecular complexity index is 782. The van der Waals surface area contributed by atoms with Gasteiger partial charge in [-0.15, -0.1) is 11.3 Å². The number of hydrogen-bond acceptors (Lipinski definition) is 4. The van der Waals surface area contributed by atoms with E-state index in [1.807, 2.05) is 19.2 Å².